The van der Waals surface area contributed by atoms with Gasteiger partial charge in [-0.15, -0.1) is 0 Å². The van der Waals surface area contributed by atoms with Crippen LogP contribution in [0.5, 0.6) is 0 Å². The molecule has 5 heteroatoms. The average molecular weight is 333 g/mol. The van der Waals surface area contributed by atoms with Crippen LogP contribution >= 0.6 is 0 Å². The van der Waals surface area contributed by atoms with Crippen LogP contribution in [0.4, 0.5) is 0 Å². The van der Waals surface area contributed by atoms with Crippen molar-refractivity contribution in [2.75, 3.05) is 6.61 Å². The van der Waals surface area contributed by atoms with Crippen LogP contribution in [-0.4, -0.2) is 35.3 Å². The van der Waals surface area contributed by atoms with Gasteiger partial charge < -0.3 is 4.74 Å². The Bertz CT molecular complexity index is 532. The summed E-state index contributed by atoms with van der Waals surface area (Å²) in [5.74, 6) is -0.451. The summed E-state index contributed by atoms with van der Waals surface area (Å²) in [5.41, 5.74) is 0. The van der Waals surface area contributed by atoms with Crippen molar-refractivity contribution < 1.29 is 19.1 Å². The minimum Gasteiger partial charge on any atom is -0.464 e. The van der Waals surface area contributed by atoms with Gasteiger partial charge in [0.15, 0.2) is 0 Å². The van der Waals surface area contributed by atoms with Gasteiger partial charge in [-0.3, -0.25) is 14.5 Å². The lowest BCUT2D eigenvalue weighted by Crippen LogP contribution is -2.44. The van der Waals surface area contributed by atoms with Gasteiger partial charge in [0.25, 0.3) is 0 Å². The zero-order valence-corrected chi connectivity index (χ0v) is 14.6. The molecule has 5 atom stereocenters. The molecule has 0 bridgehead atoms. The Labute approximate surface area is 143 Å². The van der Waals surface area contributed by atoms with E-state index >= 15 is 0 Å². The molecular weight excluding hydrogens is 306 g/mol. The Morgan fingerprint density at radius 2 is 1.75 bits per heavy atom. The third kappa shape index (κ3) is 3.13. The Balaban J connectivity index is 1.60. The maximum Gasteiger partial charge on any atom is 0.329 e. The highest BCUT2D eigenvalue weighted by Gasteiger charge is 2.51. The molecule has 0 radical (unpaired) electrons. The van der Waals surface area contributed by atoms with Crippen LogP contribution in [0.15, 0.2) is 12.2 Å². The first-order valence-electron chi connectivity index (χ1n) is 9.19. The summed E-state index contributed by atoms with van der Waals surface area (Å²) < 4.78 is 5.46. The normalized spacial score (nSPS) is 34.2. The summed E-state index contributed by atoms with van der Waals surface area (Å²) >= 11 is 0. The van der Waals surface area contributed by atoms with E-state index in [0.717, 1.165) is 38.5 Å². The maximum absolute atomic E-state index is 12.5. The number of amides is 2. The molecule has 24 heavy (non-hydrogen) atoms. The van der Waals surface area contributed by atoms with Gasteiger partial charge in [0.2, 0.25) is 11.8 Å². The standard InChI is InChI=1S/C19H27NO4/c1-12-7-3-4-8-14(12)11-24-19(23)13(2)20-17(21)15-9-5-6-10-16(15)18(20)22/h3-4,12-16H,5-11H2,1-2H3/t12-,13+,14-,15-,16+/m1/s1. The molecular formula is C19H27NO4. The van der Waals surface area contributed by atoms with Crippen molar-refractivity contribution in [3.63, 3.8) is 0 Å². The number of esters is 1. The van der Waals surface area contributed by atoms with Crippen molar-refractivity contribution in [3.8, 4) is 0 Å². The van der Waals surface area contributed by atoms with E-state index < -0.39 is 12.0 Å². The summed E-state index contributed by atoms with van der Waals surface area (Å²) in [6.07, 6.45) is 9.70. The number of likely N-dealkylation sites (tertiary alicyclic amines) is 1. The van der Waals surface area contributed by atoms with Gasteiger partial charge >= 0.3 is 5.97 Å². The highest BCUT2D eigenvalue weighted by Crippen LogP contribution is 2.39. The molecule has 0 spiro atoms. The van der Waals surface area contributed by atoms with E-state index in [1.807, 2.05) is 0 Å². The average Bonchev–Trinajstić information content (AvgIpc) is 2.85. The number of ether oxygens (including phenoxy) is 1. The minimum atomic E-state index is -0.815. The zero-order valence-electron chi connectivity index (χ0n) is 14.6. The number of carbonyl (C=O) groups excluding carboxylic acids is 3. The molecule has 0 N–H and O–H groups in total. The van der Waals surface area contributed by atoms with E-state index in [0.29, 0.717) is 18.4 Å². The fraction of sp³-hybridized carbons (Fsp3) is 0.737. The van der Waals surface area contributed by atoms with Crippen LogP contribution in [0.1, 0.15) is 52.4 Å². The summed E-state index contributed by atoms with van der Waals surface area (Å²) in [5, 5.41) is 0. The lowest BCUT2D eigenvalue weighted by molar-refractivity contribution is -0.159. The molecule has 0 aromatic rings. The van der Waals surface area contributed by atoms with Crippen molar-refractivity contribution in [1.82, 2.24) is 4.90 Å². The van der Waals surface area contributed by atoms with Crippen molar-refractivity contribution >= 4 is 17.8 Å². The topological polar surface area (TPSA) is 63.7 Å². The van der Waals surface area contributed by atoms with Gasteiger partial charge in [-0.05, 0) is 44.4 Å². The lowest BCUT2D eigenvalue weighted by Gasteiger charge is -2.27. The molecule has 3 aliphatic rings. The molecule has 3 rings (SSSR count). The van der Waals surface area contributed by atoms with Crippen molar-refractivity contribution in [3.05, 3.63) is 12.2 Å². The highest BCUT2D eigenvalue weighted by molar-refractivity contribution is 6.07. The SMILES string of the molecule is C[C@@H]1CC=CC[C@@H]1COC(=O)[C@H](C)N1C(=O)[C@H]2CCCC[C@H]2C1=O. The lowest BCUT2D eigenvalue weighted by atomic mass is 9.81. The van der Waals surface area contributed by atoms with E-state index in [4.69, 9.17) is 4.74 Å². The molecule has 5 nitrogen and oxygen atoms in total. The molecule has 0 aromatic heterocycles. The zero-order chi connectivity index (χ0) is 17.3. The molecule has 2 aliphatic carbocycles. The van der Waals surface area contributed by atoms with Crippen molar-refractivity contribution in [2.45, 2.75) is 58.4 Å². The summed E-state index contributed by atoms with van der Waals surface area (Å²) in [6, 6.07) is -0.815. The first-order chi connectivity index (χ1) is 11.5. The van der Waals surface area contributed by atoms with E-state index in [1.54, 1.807) is 6.92 Å². The third-order valence-corrected chi connectivity index (χ3v) is 5.96. The largest absolute Gasteiger partial charge is 0.464 e. The molecule has 2 amide bonds. The van der Waals surface area contributed by atoms with Crippen molar-refractivity contribution in [1.29, 1.82) is 0 Å². The number of hydrogen-bond acceptors (Lipinski definition) is 4. The number of carbonyl (C=O) groups is 3. The quantitative estimate of drug-likeness (QED) is 0.451. The molecule has 1 saturated heterocycles. The van der Waals surface area contributed by atoms with Gasteiger partial charge in [0, 0.05) is 0 Å². The fourth-order valence-electron chi connectivity index (χ4n) is 4.22. The van der Waals surface area contributed by atoms with Gasteiger partial charge in [-0.1, -0.05) is 31.9 Å². The third-order valence-electron chi connectivity index (χ3n) is 5.96. The highest BCUT2D eigenvalue weighted by atomic mass is 16.5. The second-order valence-corrected chi connectivity index (χ2v) is 7.53. The van der Waals surface area contributed by atoms with E-state index in [2.05, 4.69) is 19.1 Å². The van der Waals surface area contributed by atoms with Crippen LogP contribution in [-0.2, 0) is 19.1 Å². The van der Waals surface area contributed by atoms with Gasteiger partial charge in [-0.2, -0.15) is 0 Å². The molecule has 132 valence electrons. The Kier molecular flexibility index (Phi) is 5.07. The Morgan fingerprint density at radius 3 is 2.33 bits per heavy atom. The minimum absolute atomic E-state index is 0.178. The first kappa shape index (κ1) is 17.2. The second-order valence-electron chi connectivity index (χ2n) is 7.53. The van der Waals surface area contributed by atoms with Crippen LogP contribution < -0.4 is 0 Å². The van der Waals surface area contributed by atoms with Gasteiger partial charge in [0.05, 0.1) is 18.4 Å². The first-order valence-corrected chi connectivity index (χ1v) is 9.19. The van der Waals surface area contributed by atoms with Gasteiger partial charge in [-0.25, -0.2) is 4.79 Å². The van der Waals surface area contributed by atoms with Crippen LogP contribution in [0.2, 0.25) is 0 Å². The van der Waals surface area contributed by atoms with Gasteiger partial charge in [0.1, 0.15) is 6.04 Å². The van der Waals surface area contributed by atoms with E-state index in [1.165, 1.54) is 4.90 Å². The number of hydrogen-bond donors (Lipinski definition) is 0. The molecule has 2 fully saturated rings. The maximum atomic E-state index is 12.5. The molecule has 1 heterocycles. The van der Waals surface area contributed by atoms with Crippen molar-refractivity contribution in [2.24, 2.45) is 23.7 Å². The summed E-state index contributed by atoms with van der Waals surface area (Å²) in [4.78, 5) is 38.6. The number of allylic oxidation sites excluding steroid dienone is 2. The Morgan fingerprint density at radius 1 is 1.17 bits per heavy atom. The Hall–Kier alpha value is -1.65. The van der Waals surface area contributed by atoms with Crippen LogP contribution in [0.3, 0.4) is 0 Å². The predicted octanol–water partition coefficient (Wildman–Crippen LogP) is 2.70. The molecule has 1 aliphatic heterocycles. The fourth-order valence-corrected chi connectivity index (χ4v) is 4.22. The number of rotatable bonds is 4. The monoisotopic (exact) mass is 333 g/mol. The molecule has 1 saturated carbocycles. The van der Waals surface area contributed by atoms with Crippen LogP contribution in [0, 0.1) is 23.7 Å². The summed E-state index contributed by atoms with van der Waals surface area (Å²) in [7, 11) is 0. The van der Waals surface area contributed by atoms with Crippen LogP contribution in [0.25, 0.3) is 0 Å². The second kappa shape index (κ2) is 7.08. The predicted molar refractivity (Wildman–Crippen MR) is 88.8 cm³/mol. The number of fused-ring (bicyclic) bond motifs is 1. The van der Waals surface area contributed by atoms with E-state index in [9.17, 15) is 14.4 Å². The molecule has 0 aromatic carbocycles. The summed E-state index contributed by atoms with van der Waals surface area (Å²) in [6.45, 7) is 4.13. The number of nitrogens with zero attached hydrogens (tertiary/aromatic N) is 1. The smallest absolute Gasteiger partial charge is 0.329 e. The molecule has 0 unspecified atom stereocenters. The number of imide groups is 1. The van der Waals surface area contributed by atoms with E-state index in [-0.39, 0.29) is 23.7 Å².